The minimum atomic E-state index is -1.26. The molecule has 4 rings (SSSR count). The van der Waals surface area contributed by atoms with E-state index in [1.165, 1.54) is 6.07 Å². The lowest BCUT2D eigenvalue weighted by Gasteiger charge is -2.16. The second-order valence-electron chi connectivity index (χ2n) is 8.89. The van der Waals surface area contributed by atoms with Crippen LogP contribution >= 0.6 is 27.5 Å². The number of halogens is 4. The van der Waals surface area contributed by atoms with Gasteiger partial charge in [-0.1, -0.05) is 31.2 Å². The van der Waals surface area contributed by atoms with Gasteiger partial charge in [0, 0.05) is 37.0 Å². The Morgan fingerprint density at radius 1 is 1.06 bits per heavy atom. The minimum Gasteiger partial charge on any atom is -0.361 e. The van der Waals surface area contributed by atoms with Crippen molar-refractivity contribution >= 4 is 46.6 Å². The number of nitrogens with zero attached hydrogens (tertiary/aromatic N) is 4. The smallest absolute Gasteiger partial charge is 0.144 e. The topological polar surface area (TPSA) is 52.8 Å². The van der Waals surface area contributed by atoms with Gasteiger partial charge in [-0.3, -0.25) is 4.98 Å². The van der Waals surface area contributed by atoms with Crippen LogP contribution in [0.15, 0.2) is 47.3 Å². The zero-order valence-corrected chi connectivity index (χ0v) is 21.7. The summed E-state index contributed by atoms with van der Waals surface area (Å²) in [6.07, 6.45) is 3.26. The Balaban J connectivity index is 1.79. The molecule has 0 saturated heterocycles. The molecule has 0 bridgehead atoms. The van der Waals surface area contributed by atoms with Crippen LogP contribution in [0.5, 0.6) is 0 Å². The lowest BCUT2D eigenvalue weighted by atomic mass is 10.1. The molecule has 0 amide bonds. The largest absolute Gasteiger partial charge is 0.361 e. The third kappa shape index (κ3) is 5.48. The van der Waals surface area contributed by atoms with Crippen molar-refractivity contribution in [3.8, 4) is 22.6 Å². The summed E-state index contributed by atoms with van der Waals surface area (Å²) in [5, 5.41) is -0.177. The fraction of sp³-hybridized carbons (Fsp3) is 0.261. The van der Waals surface area contributed by atoms with Crippen molar-refractivity contribution in [2.75, 3.05) is 6.61 Å². The van der Waals surface area contributed by atoms with Gasteiger partial charge in [-0.2, -0.15) is 0 Å². The van der Waals surface area contributed by atoms with Crippen LogP contribution in [0.4, 0.5) is 8.78 Å². The molecule has 0 aliphatic carbocycles. The molecule has 172 valence electrons. The fourth-order valence-corrected chi connectivity index (χ4v) is 4.55. The number of hydrogen-bond acceptors (Lipinski definition) is 4. The summed E-state index contributed by atoms with van der Waals surface area (Å²) in [4.78, 5) is 13.5. The van der Waals surface area contributed by atoms with Gasteiger partial charge < -0.3 is 9.30 Å². The van der Waals surface area contributed by atoms with Gasteiger partial charge in [0.25, 0.3) is 0 Å². The van der Waals surface area contributed by atoms with Gasteiger partial charge in [-0.25, -0.2) is 18.7 Å². The highest BCUT2D eigenvalue weighted by Gasteiger charge is 2.22. The predicted molar refractivity (Wildman–Crippen MR) is 133 cm³/mol. The zero-order chi connectivity index (χ0) is 23.8. The van der Waals surface area contributed by atoms with Gasteiger partial charge in [0.1, 0.15) is 24.1 Å². The molecular formula is C23H22BrClF2N4OSi. The molecule has 0 N–H and O–H groups in total. The number of imidazole rings is 1. The number of fused-ring (bicyclic) bond motifs is 1. The SMILES string of the molecule is C[Si](C)(C)CCOCn1cnc(-c2ccc3ncc(Br)cc3n2)c1-c1cc(Cl)c(F)cc1F. The third-order valence-corrected chi connectivity index (χ3v) is 7.50. The Morgan fingerprint density at radius 3 is 2.61 bits per heavy atom. The number of benzene rings is 1. The first-order valence-corrected chi connectivity index (χ1v) is 15.2. The number of aromatic nitrogens is 4. The quantitative estimate of drug-likeness (QED) is 0.139. The molecule has 0 atom stereocenters. The molecule has 0 radical (unpaired) electrons. The van der Waals surface area contributed by atoms with Gasteiger partial charge in [0.05, 0.1) is 33.8 Å². The van der Waals surface area contributed by atoms with E-state index in [0.29, 0.717) is 34.7 Å². The van der Waals surface area contributed by atoms with Crippen LogP contribution < -0.4 is 0 Å². The molecule has 10 heteroatoms. The summed E-state index contributed by atoms with van der Waals surface area (Å²) in [5.74, 6) is -1.57. The average molecular weight is 552 g/mol. The second kappa shape index (κ2) is 9.58. The minimum absolute atomic E-state index is 0.122. The predicted octanol–water partition coefficient (Wildman–Crippen LogP) is 7.17. The Labute approximate surface area is 204 Å². The molecule has 5 nitrogen and oxygen atoms in total. The van der Waals surface area contributed by atoms with Gasteiger partial charge in [-0.05, 0) is 46.2 Å². The maximum absolute atomic E-state index is 14.9. The Bertz CT molecular complexity index is 1330. The molecule has 0 unspecified atom stereocenters. The van der Waals surface area contributed by atoms with Gasteiger partial charge in [0.15, 0.2) is 0 Å². The number of pyridine rings is 2. The average Bonchev–Trinajstić information content (AvgIpc) is 3.16. The van der Waals surface area contributed by atoms with Crippen LogP contribution in [0.3, 0.4) is 0 Å². The summed E-state index contributed by atoms with van der Waals surface area (Å²) >= 11 is 9.40. The van der Waals surface area contributed by atoms with Crippen LogP contribution in [-0.2, 0) is 11.5 Å². The van der Waals surface area contributed by atoms with Gasteiger partial charge >= 0.3 is 0 Å². The molecule has 3 heterocycles. The highest BCUT2D eigenvalue weighted by atomic mass is 79.9. The number of hydrogen-bond donors (Lipinski definition) is 0. The Hall–Kier alpha value is -2.20. The van der Waals surface area contributed by atoms with Crippen molar-refractivity contribution in [3.05, 3.63) is 64.0 Å². The molecule has 0 saturated carbocycles. The van der Waals surface area contributed by atoms with E-state index in [4.69, 9.17) is 16.3 Å². The highest BCUT2D eigenvalue weighted by molar-refractivity contribution is 9.10. The lowest BCUT2D eigenvalue weighted by Crippen LogP contribution is -2.22. The summed E-state index contributed by atoms with van der Waals surface area (Å²) in [6, 6.07) is 8.48. The first kappa shape index (κ1) is 23.9. The maximum atomic E-state index is 14.9. The summed E-state index contributed by atoms with van der Waals surface area (Å²) in [7, 11) is -1.26. The summed E-state index contributed by atoms with van der Waals surface area (Å²) in [6.45, 7) is 7.56. The standard InChI is InChI=1S/C23H22BrClF2N4OSi/c1-33(2,3)7-6-32-13-31-12-29-22(23(31)15-9-16(25)18(27)10-17(15)26)20-5-4-19-21(30-20)8-14(24)11-28-19/h4-5,8-12H,6-7,13H2,1-3H3. The van der Waals surface area contributed by atoms with Crippen molar-refractivity contribution in [2.45, 2.75) is 32.4 Å². The van der Waals surface area contributed by atoms with Crippen LogP contribution in [0, 0.1) is 11.6 Å². The molecular weight excluding hydrogens is 530 g/mol. The van der Waals surface area contributed by atoms with Crippen LogP contribution in [-0.4, -0.2) is 34.2 Å². The first-order chi connectivity index (χ1) is 15.6. The van der Waals surface area contributed by atoms with Crippen molar-refractivity contribution in [2.24, 2.45) is 0 Å². The number of ether oxygens (including phenoxy) is 1. The van der Waals surface area contributed by atoms with E-state index in [1.54, 1.807) is 23.2 Å². The molecule has 1 aromatic carbocycles. The van der Waals surface area contributed by atoms with Crippen molar-refractivity contribution in [1.29, 1.82) is 0 Å². The molecule has 3 aromatic heterocycles. The highest BCUT2D eigenvalue weighted by Crippen LogP contribution is 2.35. The van der Waals surface area contributed by atoms with E-state index in [1.807, 2.05) is 12.1 Å². The molecule has 0 spiro atoms. The van der Waals surface area contributed by atoms with E-state index in [2.05, 4.69) is 50.5 Å². The Morgan fingerprint density at radius 2 is 1.85 bits per heavy atom. The summed E-state index contributed by atoms with van der Waals surface area (Å²) < 4.78 is 37.1. The normalized spacial score (nSPS) is 12.0. The maximum Gasteiger partial charge on any atom is 0.144 e. The summed E-state index contributed by atoms with van der Waals surface area (Å²) in [5.41, 5.74) is 2.87. The third-order valence-electron chi connectivity index (χ3n) is 5.08. The van der Waals surface area contributed by atoms with Gasteiger partial charge in [-0.15, -0.1) is 0 Å². The van der Waals surface area contributed by atoms with E-state index in [-0.39, 0.29) is 17.3 Å². The van der Waals surface area contributed by atoms with Crippen molar-refractivity contribution in [1.82, 2.24) is 19.5 Å². The van der Waals surface area contributed by atoms with E-state index in [0.717, 1.165) is 16.6 Å². The zero-order valence-electron chi connectivity index (χ0n) is 18.4. The molecule has 33 heavy (non-hydrogen) atoms. The second-order valence-corrected chi connectivity index (χ2v) is 15.8. The molecule has 0 aliphatic heterocycles. The first-order valence-electron chi connectivity index (χ1n) is 10.3. The van der Waals surface area contributed by atoms with E-state index in [9.17, 15) is 8.78 Å². The fourth-order valence-electron chi connectivity index (χ4n) is 3.31. The lowest BCUT2D eigenvalue weighted by molar-refractivity contribution is 0.0882. The van der Waals surface area contributed by atoms with Crippen molar-refractivity contribution < 1.29 is 13.5 Å². The molecule has 0 aliphatic rings. The Kier molecular flexibility index (Phi) is 6.95. The molecule has 4 aromatic rings. The molecule has 0 fully saturated rings. The van der Waals surface area contributed by atoms with Crippen LogP contribution in [0.1, 0.15) is 0 Å². The number of rotatable bonds is 7. The van der Waals surface area contributed by atoms with Gasteiger partial charge in [0.2, 0.25) is 0 Å². The van der Waals surface area contributed by atoms with Crippen molar-refractivity contribution in [3.63, 3.8) is 0 Å². The van der Waals surface area contributed by atoms with Crippen LogP contribution in [0.25, 0.3) is 33.7 Å². The van der Waals surface area contributed by atoms with E-state index >= 15 is 0 Å². The van der Waals surface area contributed by atoms with E-state index < -0.39 is 19.7 Å². The van der Waals surface area contributed by atoms with Crippen LogP contribution in [0.2, 0.25) is 30.7 Å². The monoisotopic (exact) mass is 550 g/mol.